The molecule has 1 amide bonds. The van der Waals surface area contributed by atoms with E-state index < -0.39 is 0 Å². The SMILES string of the molecule is O=C(/C=C/c1ccc(F)cc1)NCc1cn[nH]c1. The maximum Gasteiger partial charge on any atom is 0.244 e. The Balaban J connectivity index is 1.85. The Morgan fingerprint density at radius 2 is 2.17 bits per heavy atom. The summed E-state index contributed by atoms with van der Waals surface area (Å²) in [7, 11) is 0. The van der Waals surface area contributed by atoms with Gasteiger partial charge in [-0.3, -0.25) is 9.89 Å². The van der Waals surface area contributed by atoms with Crippen molar-refractivity contribution >= 4 is 12.0 Å². The third-order valence-electron chi connectivity index (χ3n) is 2.32. The van der Waals surface area contributed by atoms with Crippen LogP contribution in [0.15, 0.2) is 42.7 Å². The molecule has 4 nitrogen and oxygen atoms in total. The van der Waals surface area contributed by atoms with Crippen LogP contribution in [0.5, 0.6) is 0 Å². The normalized spacial score (nSPS) is 10.7. The van der Waals surface area contributed by atoms with E-state index in [4.69, 9.17) is 0 Å². The highest BCUT2D eigenvalue weighted by Gasteiger charge is 1.97. The molecule has 0 aliphatic heterocycles. The van der Waals surface area contributed by atoms with Gasteiger partial charge in [0.2, 0.25) is 5.91 Å². The summed E-state index contributed by atoms with van der Waals surface area (Å²) in [4.78, 5) is 11.5. The Labute approximate surface area is 104 Å². The van der Waals surface area contributed by atoms with Crippen LogP contribution < -0.4 is 5.32 Å². The molecule has 2 N–H and O–H groups in total. The van der Waals surface area contributed by atoms with Crippen molar-refractivity contribution in [2.75, 3.05) is 0 Å². The van der Waals surface area contributed by atoms with E-state index in [-0.39, 0.29) is 11.7 Å². The minimum Gasteiger partial charge on any atom is -0.348 e. The van der Waals surface area contributed by atoms with E-state index in [1.807, 2.05) is 0 Å². The van der Waals surface area contributed by atoms with Crippen LogP contribution in [0, 0.1) is 5.82 Å². The fraction of sp³-hybridized carbons (Fsp3) is 0.0769. The summed E-state index contributed by atoms with van der Waals surface area (Å²) >= 11 is 0. The molecule has 18 heavy (non-hydrogen) atoms. The van der Waals surface area contributed by atoms with Crippen molar-refractivity contribution in [3.63, 3.8) is 0 Å². The smallest absolute Gasteiger partial charge is 0.244 e. The van der Waals surface area contributed by atoms with E-state index in [0.717, 1.165) is 11.1 Å². The second kappa shape index (κ2) is 5.77. The first-order valence-corrected chi connectivity index (χ1v) is 5.43. The van der Waals surface area contributed by atoms with Gasteiger partial charge in [0.05, 0.1) is 6.20 Å². The van der Waals surface area contributed by atoms with Crippen LogP contribution in [0.25, 0.3) is 6.08 Å². The first-order valence-electron chi connectivity index (χ1n) is 5.43. The van der Waals surface area contributed by atoms with Gasteiger partial charge in [-0.2, -0.15) is 5.10 Å². The average Bonchev–Trinajstić information content (AvgIpc) is 2.89. The molecule has 0 unspecified atom stereocenters. The Bertz CT molecular complexity index is 532. The highest BCUT2D eigenvalue weighted by atomic mass is 19.1. The number of aromatic nitrogens is 2. The summed E-state index contributed by atoms with van der Waals surface area (Å²) in [5.74, 6) is -0.503. The zero-order valence-corrected chi connectivity index (χ0v) is 9.56. The molecule has 0 atom stereocenters. The predicted octanol–water partition coefficient (Wildman–Crippen LogP) is 1.88. The van der Waals surface area contributed by atoms with Crippen molar-refractivity contribution < 1.29 is 9.18 Å². The maximum atomic E-state index is 12.7. The lowest BCUT2D eigenvalue weighted by atomic mass is 10.2. The minimum absolute atomic E-state index is 0.208. The molecule has 1 aromatic carbocycles. The van der Waals surface area contributed by atoms with E-state index in [9.17, 15) is 9.18 Å². The van der Waals surface area contributed by atoms with Gasteiger partial charge >= 0.3 is 0 Å². The fourth-order valence-corrected chi connectivity index (χ4v) is 1.37. The minimum atomic E-state index is -0.295. The van der Waals surface area contributed by atoms with Gasteiger partial charge in [0.1, 0.15) is 5.82 Å². The molecule has 0 radical (unpaired) electrons. The Hall–Kier alpha value is -2.43. The molecule has 0 fully saturated rings. The molecular weight excluding hydrogens is 233 g/mol. The van der Waals surface area contributed by atoms with Crippen LogP contribution in [-0.4, -0.2) is 16.1 Å². The summed E-state index contributed by atoms with van der Waals surface area (Å²) in [5.41, 5.74) is 1.67. The summed E-state index contributed by atoms with van der Waals surface area (Å²) in [5, 5.41) is 9.14. The van der Waals surface area contributed by atoms with Crippen LogP contribution in [0.4, 0.5) is 4.39 Å². The number of H-pyrrole nitrogens is 1. The number of benzene rings is 1. The summed E-state index contributed by atoms with van der Waals surface area (Å²) in [6, 6.07) is 5.91. The van der Waals surface area contributed by atoms with Gasteiger partial charge in [-0.1, -0.05) is 12.1 Å². The predicted molar refractivity (Wildman–Crippen MR) is 65.9 cm³/mol. The molecule has 2 aromatic rings. The second-order valence-electron chi connectivity index (χ2n) is 3.71. The molecule has 5 heteroatoms. The van der Waals surface area contributed by atoms with Gasteiger partial charge in [-0.25, -0.2) is 4.39 Å². The van der Waals surface area contributed by atoms with E-state index >= 15 is 0 Å². The number of carbonyl (C=O) groups is 1. The number of carbonyl (C=O) groups excluding carboxylic acids is 1. The lowest BCUT2D eigenvalue weighted by Gasteiger charge is -1.98. The first-order chi connectivity index (χ1) is 8.74. The standard InChI is InChI=1S/C13H12FN3O/c14-12-4-1-10(2-5-12)3-6-13(18)15-7-11-8-16-17-9-11/h1-6,8-9H,7H2,(H,15,18)(H,16,17)/b6-3+. The maximum absolute atomic E-state index is 12.7. The molecule has 1 heterocycles. The number of aromatic amines is 1. The van der Waals surface area contributed by atoms with Crippen LogP contribution >= 0.6 is 0 Å². The number of halogens is 1. The zero-order valence-electron chi connectivity index (χ0n) is 9.56. The number of hydrogen-bond donors (Lipinski definition) is 2. The summed E-state index contributed by atoms with van der Waals surface area (Å²) < 4.78 is 12.7. The van der Waals surface area contributed by atoms with E-state index in [0.29, 0.717) is 6.54 Å². The third kappa shape index (κ3) is 3.55. The largest absolute Gasteiger partial charge is 0.348 e. The highest BCUT2D eigenvalue weighted by Crippen LogP contribution is 2.04. The second-order valence-corrected chi connectivity index (χ2v) is 3.71. The van der Waals surface area contributed by atoms with Crippen LogP contribution in [0.2, 0.25) is 0 Å². The van der Waals surface area contributed by atoms with Crippen molar-refractivity contribution in [1.82, 2.24) is 15.5 Å². The number of rotatable bonds is 4. The third-order valence-corrected chi connectivity index (χ3v) is 2.32. The van der Waals surface area contributed by atoms with Crippen LogP contribution in [-0.2, 0) is 11.3 Å². The van der Waals surface area contributed by atoms with Gasteiger partial charge in [-0.05, 0) is 23.8 Å². The van der Waals surface area contributed by atoms with Crippen LogP contribution in [0.3, 0.4) is 0 Å². The van der Waals surface area contributed by atoms with Gasteiger partial charge < -0.3 is 5.32 Å². The molecule has 1 aromatic heterocycles. The Kier molecular flexibility index (Phi) is 3.86. The number of amides is 1. The molecule has 0 spiro atoms. The number of nitrogens with zero attached hydrogens (tertiary/aromatic N) is 1. The van der Waals surface area contributed by atoms with Gasteiger partial charge in [0, 0.05) is 24.4 Å². The molecule has 92 valence electrons. The topological polar surface area (TPSA) is 57.8 Å². The fourth-order valence-electron chi connectivity index (χ4n) is 1.37. The van der Waals surface area contributed by atoms with Gasteiger partial charge in [-0.15, -0.1) is 0 Å². The van der Waals surface area contributed by atoms with E-state index in [1.165, 1.54) is 18.2 Å². The van der Waals surface area contributed by atoms with Crippen molar-refractivity contribution in [2.24, 2.45) is 0 Å². The monoisotopic (exact) mass is 245 g/mol. The quantitative estimate of drug-likeness (QED) is 0.808. The van der Waals surface area contributed by atoms with Crippen molar-refractivity contribution in [3.8, 4) is 0 Å². The van der Waals surface area contributed by atoms with Crippen molar-refractivity contribution in [3.05, 3.63) is 59.7 Å². The zero-order chi connectivity index (χ0) is 12.8. The summed E-state index contributed by atoms with van der Waals surface area (Å²) in [6.45, 7) is 0.420. The molecule has 0 aliphatic rings. The average molecular weight is 245 g/mol. The van der Waals surface area contributed by atoms with Crippen molar-refractivity contribution in [2.45, 2.75) is 6.54 Å². The van der Waals surface area contributed by atoms with Crippen LogP contribution in [0.1, 0.15) is 11.1 Å². The summed E-state index contributed by atoms with van der Waals surface area (Å²) in [6.07, 6.45) is 6.39. The molecule has 0 saturated heterocycles. The Morgan fingerprint density at radius 3 is 2.83 bits per heavy atom. The molecule has 2 rings (SSSR count). The molecular formula is C13H12FN3O. The number of hydrogen-bond acceptors (Lipinski definition) is 2. The van der Waals surface area contributed by atoms with E-state index in [1.54, 1.807) is 30.6 Å². The highest BCUT2D eigenvalue weighted by molar-refractivity contribution is 5.91. The molecule has 0 aliphatic carbocycles. The molecule has 0 bridgehead atoms. The first kappa shape index (κ1) is 12.0. The van der Waals surface area contributed by atoms with Gasteiger partial charge in [0.25, 0.3) is 0 Å². The lowest BCUT2D eigenvalue weighted by molar-refractivity contribution is -0.116. The molecule has 0 saturated carbocycles. The van der Waals surface area contributed by atoms with Crippen molar-refractivity contribution in [1.29, 1.82) is 0 Å². The number of nitrogens with one attached hydrogen (secondary N) is 2. The lowest BCUT2D eigenvalue weighted by Crippen LogP contribution is -2.19. The Morgan fingerprint density at radius 1 is 1.39 bits per heavy atom. The van der Waals surface area contributed by atoms with E-state index in [2.05, 4.69) is 15.5 Å². The van der Waals surface area contributed by atoms with Gasteiger partial charge in [0.15, 0.2) is 0 Å².